The number of thiophene rings is 1. The van der Waals surface area contributed by atoms with Crippen LogP contribution in [0.4, 0.5) is 0 Å². The number of aryl methyl sites for hydroxylation is 1. The van der Waals surface area contributed by atoms with E-state index in [1.807, 2.05) is 30.3 Å². The van der Waals surface area contributed by atoms with Gasteiger partial charge < -0.3 is 15.2 Å². The van der Waals surface area contributed by atoms with Crippen LogP contribution in [0.1, 0.15) is 35.8 Å². The van der Waals surface area contributed by atoms with Crippen molar-refractivity contribution in [2.45, 2.75) is 50.6 Å². The van der Waals surface area contributed by atoms with Gasteiger partial charge in [-0.25, -0.2) is 4.99 Å². The van der Waals surface area contributed by atoms with Crippen molar-refractivity contribution < 1.29 is 0 Å². The average molecular weight is 379 g/mol. The van der Waals surface area contributed by atoms with Crippen molar-refractivity contribution in [2.75, 3.05) is 6.26 Å². The lowest BCUT2D eigenvalue weighted by Crippen LogP contribution is -2.42. The highest BCUT2D eigenvalue weighted by atomic mass is 32.2. The number of thioether (sulfide) groups is 1. The number of hydrogen-bond donors (Lipinski definition) is 2. The van der Waals surface area contributed by atoms with E-state index in [4.69, 9.17) is 4.99 Å². The van der Waals surface area contributed by atoms with E-state index in [1.165, 1.54) is 24.1 Å². The maximum atomic E-state index is 4.75. The molecule has 8 heteroatoms. The smallest absolute Gasteiger partial charge is 0.192 e. The second-order valence-electron chi connectivity index (χ2n) is 6.33. The quantitative estimate of drug-likeness (QED) is 0.598. The van der Waals surface area contributed by atoms with Crippen LogP contribution in [0.3, 0.4) is 0 Å². The molecule has 0 radical (unpaired) electrons. The third kappa shape index (κ3) is 4.98. The van der Waals surface area contributed by atoms with Crippen molar-refractivity contribution in [2.24, 2.45) is 12.0 Å². The number of nitrogens with zero attached hydrogens (tertiary/aromatic N) is 4. The number of aliphatic imine (C=N–C) groups is 1. The first-order chi connectivity index (χ1) is 12.2. The number of aromatic nitrogens is 3. The van der Waals surface area contributed by atoms with Gasteiger partial charge in [0.1, 0.15) is 12.4 Å². The fourth-order valence-electron chi connectivity index (χ4n) is 2.95. The van der Waals surface area contributed by atoms with Gasteiger partial charge in [0.15, 0.2) is 11.8 Å². The monoisotopic (exact) mass is 378 g/mol. The van der Waals surface area contributed by atoms with Crippen molar-refractivity contribution in [1.82, 2.24) is 25.4 Å². The van der Waals surface area contributed by atoms with Gasteiger partial charge in [-0.3, -0.25) is 0 Å². The van der Waals surface area contributed by atoms with Gasteiger partial charge in [0, 0.05) is 23.2 Å². The zero-order valence-electron chi connectivity index (χ0n) is 15.0. The van der Waals surface area contributed by atoms with Gasteiger partial charge in [-0.15, -0.1) is 21.5 Å². The molecule has 25 heavy (non-hydrogen) atoms. The van der Waals surface area contributed by atoms with Gasteiger partial charge in [0.05, 0.1) is 6.54 Å². The maximum absolute atomic E-state index is 4.75. The van der Waals surface area contributed by atoms with Gasteiger partial charge in [-0.2, -0.15) is 11.8 Å². The lowest BCUT2D eigenvalue weighted by molar-refractivity contribution is 0.611. The first kappa shape index (κ1) is 18.3. The Morgan fingerprint density at radius 2 is 2.32 bits per heavy atom. The molecule has 0 amide bonds. The van der Waals surface area contributed by atoms with Crippen LogP contribution in [0.5, 0.6) is 0 Å². The molecule has 1 aliphatic rings. The second-order valence-corrected chi connectivity index (χ2v) is 8.50. The van der Waals surface area contributed by atoms with E-state index in [2.05, 4.69) is 44.6 Å². The molecule has 0 aliphatic heterocycles. The molecule has 1 fully saturated rings. The third-order valence-corrected chi connectivity index (χ3v) is 6.60. The fraction of sp³-hybridized carbons (Fsp3) is 0.588. The van der Waals surface area contributed by atoms with Crippen molar-refractivity contribution in [3.05, 3.63) is 34.0 Å². The minimum Gasteiger partial charge on any atom is -0.354 e. The molecule has 2 heterocycles. The van der Waals surface area contributed by atoms with Crippen LogP contribution < -0.4 is 10.6 Å². The molecule has 0 bridgehead atoms. The molecule has 3 rings (SSSR count). The van der Waals surface area contributed by atoms with E-state index in [1.54, 1.807) is 11.3 Å². The summed E-state index contributed by atoms with van der Waals surface area (Å²) < 4.78 is 1.99. The van der Waals surface area contributed by atoms with Crippen LogP contribution in [0, 0.1) is 6.92 Å². The highest BCUT2D eigenvalue weighted by Crippen LogP contribution is 2.28. The molecule has 0 saturated heterocycles. The van der Waals surface area contributed by atoms with Gasteiger partial charge in [-0.05, 0) is 43.9 Å². The Morgan fingerprint density at radius 1 is 1.44 bits per heavy atom. The molecule has 2 aromatic heterocycles. The second kappa shape index (κ2) is 8.71. The van der Waals surface area contributed by atoms with Crippen molar-refractivity contribution in [3.8, 4) is 0 Å². The van der Waals surface area contributed by atoms with Crippen molar-refractivity contribution in [3.63, 3.8) is 0 Å². The molecule has 2 unspecified atom stereocenters. The summed E-state index contributed by atoms with van der Waals surface area (Å²) >= 11 is 3.73. The lowest BCUT2D eigenvalue weighted by Gasteiger charge is -2.17. The Morgan fingerprint density at radius 3 is 2.96 bits per heavy atom. The first-order valence-electron chi connectivity index (χ1n) is 8.60. The molecule has 2 N–H and O–H groups in total. The Balaban J connectivity index is 1.64. The predicted molar refractivity (Wildman–Crippen MR) is 106 cm³/mol. The summed E-state index contributed by atoms with van der Waals surface area (Å²) in [5, 5.41) is 18.2. The van der Waals surface area contributed by atoms with Crippen LogP contribution in [0.15, 0.2) is 22.5 Å². The SMILES string of the molecule is CSC1CCC(NC(=NCc2nnc(C)n2C)NCc2cccs2)C1. The normalized spacial score (nSPS) is 20.8. The van der Waals surface area contributed by atoms with Crippen LogP contribution in [0.2, 0.25) is 0 Å². The molecule has 136 valence electrons. The van der Waals surface area contributed by atoms with Crippen molar-refractivity contribution in [1.29, 1.82) is 0 Å². The summed E-state index contributed by atoms with van der Waals surface area (Å²) in [5.74, 6) is 2.65. The highest BCUT2D eigenvalue weighted by Gasteiger charge is 2.24. The molecule has 1 saturated carbocycles. The molecular formula is C17H26N6S2. The third-order valence-electron chi connectivity index (χ3n) is 4.63. The summed E-state index contributed by atoms with van der Waals surface area (Å²) in [7, 11) is 1.98. The Kier molecular flexibility index (Phi) is 6.36. The van der Waals surface area contributed by atoms with Gasteiger partial charge >= 0.3 is 0 Å². The first-order valence-corrected chi connectivity index (χ1v) is 10.8. The topological polar surface area (TPSA) is 67.1 Å². The Labute approximate surface area is 157 Å². The zero-order valence-corrected chi connectivity index (χ0v) is 16.7. The molecular weight excluding hydrogens is 352 g/mol. The summed E-state index contributed by atoms with van der Waals surface area (Å²) in [4.78, 5) is 6.05. The maximum Gasteiger partial charge on any atom is 0.192 e. The molecule has 1 aliphatic carbocycles. The fourth-order valence-corrected chi connectivity index (χ4v) is 4.39. The van der Waals surface area contributed by atoms with E-state index in [9.17, 15) is 0 Å². The average Bonchev–Trinajstić information content (AvgIpc) is 3.35. The molecule has 0 aromatic carbocycles. The van der Waals surface area contributed by atoms with Crippen molar-refractivity contribution >= 4 is 29.1 Å². The van der Waals surface area contributed by atoms with E-state index in [0.717, 1.165) is 29.4 Å². The summed E-state index contributed by atoms with van der Waals surface area (Å²) in [6.45, 7) is 3.27. The Bertz CT molecular complexity index is 694. The van der Waals surface area contributed by atoms with E-state index in [0.29, 0.717) is 12.6 Å². The molecule has 6 nitrogen and oxygen atoms in total. The number of hydrogen-bond acceptors (Lipinski definition) is 5. The number of guanidine groups is 1. The van der Waals surface area contributed by atoms with Crippen LogP contribution in [-0.4, -0.2) is 38.3 Å². The van der Waals surface area contributed by atoms with E-state index >= 15 is 0 Å². The standard InChI is InChI=1S/C17H26N6S2/c1-12-21-22-16(23(12)2)11-19-17(18-10-15-5-4-8-25-15)20-13-6-7-14(9-13)24-3/h4-5,8,13-14H,6-7,9-11H2,1-3H3,(H2,18,19,20). The molecule has 2 atom stereocenters. The van der Waals surface area contributed by atoms with Crippen LogP contribution >= 0.6 is 23.1 Å². The van der Waals surface area contributed by atoms with Crippen LogP contribution in [0.25, 0.3) is 0 Å². The highest BCUT2D eigenvalue weighted by molar-refractivity contribution is 7.99. The predicted octanol–water partition coefficient (Wildman–Crippen LogP) is 2.70. The number of rotatable bonds is 6. The minimum absolute atomic E-state index is 0.494. The van der Waals surface area contributed by atoms with E-state index in [-0.39, 0.29) is 0 Å². The van der Waals surface area contributed by atoms with Gasteiger partial charge in [0.25, 0.3) is 0 Å². The van der Waals surface area contributed by atoms with E-state index < -0.39 is 0 Å². The van der Waals surface area contributed by atoms with Gasteiger partial charge in [-0.1, -0.05) is 6.07 Å². The minimum atomic E-state index is 0.494. The molecule has 2 aromatic rings. The van der Waals surface area contributed by atoms with Crippen LogP contribution in [-0.2, 0) is 20.1 Å². The largest absolute Gasteiger partial charge is 0.354 e. The summed E-state index contributed by atoms with van der Waals surface area (Å²) in [6.07, 6.45) is 5.88. The molecule has 0 spiro atoms. The van der Waals surface area contributed by atoms with Gasteiger partial charge in [0.2, 0.25) is 0 Å². The lowest BCUT2D eigenvalue weighted by atomic mass is 10.2. The zero-order chi connectivity index (χ0) is 17.6. The summed E-state index contributed by atoms with van der Waals surface area (Å²) in [6, 6.07) is 4.71. The Hall–Kier alpha value is -1.54. The number of nitrogens with one attached hydrogen (secondary N) is 2. The summed E-state index contributed by atoms with van der Waals surface area (Å²) in [5.41, 5.74) is 0.